The van der Waals surface area contributed by atoms with Crippen LogP contribution in [-0.4, -0.2) is 19.6 Å². The molecule has 3 aromatic heterocycles. The van der Waals surface area contributed by atoms with E-state index in [1.807, 2.05) is 48.5 Å². The van der Waals surface area contributed by atoms with E-state index in [0.29, 0.717) is 11.2 Å². The van der Waals surface area contributed by atoms with Crippen molar-refractivity contribution < 1.29 is 0 Å². The fourth-order valence-corrected chi connectivity index (χ4v) is 2.47. The van der Waals surface area contributed by atoms with Crippen molar-refractivity contribution in [2.45, 2.75) is 0 Å². The van der Waals surface area contributed by atoms with Crippen molar-refractivity contribution in [3.05, 3.63) is 72.7 Å². The number of rotatable bonds is 3. The highest BCUT2D eigenvalue weighted by Crippen LogP contribution is 2.25. The first-order chi connectivity index (χ1) is 11.8. The lowest BCUT2D eigenvalue weighted by Gasteiger charge is -2.10. The van der Waals surface area contributed by atoms with E-state index in [2.05, 4.69) is 26.5 Å². The summed E-state index contributed by atoms with van der Waals surface area (Å²) in [5.41, 5.74) is 3.59. The molecule has 1 N–H and O–H groups in total. The Morgan fingerprint density at radius 2 is 1.83 bits per heavy atom. The molecule has 0 saturated carbocycles. The van der Waals surface area contributed by atoms with Gasteiger partial charge in [-0.25, -0.2) is 4.98 Å². The van der Waals surface area contributed by atoms with Crippen molar-refractivity contribution in [1.29, 1.82) is 5.26 Å². The van der Waals surface area contributed by atoms with Crippen LogP contribution >= 0.6 is 0 Å². The zero-order valence-corrected chi connectivity index (χ0v) is 12.6. The third kappa shape index (κ3) is 2.44. The molecule has 0 radical (unpaired) electrons. The van der Waals surface area contributed by atoms with Gasteiger partial charge in [0, 0.05) is 29.7 Å². The summed E-state index contributed by atoms with van der Waals surface area (Å²) in [5, 5.41) is 16.9. The Hall–Kier alpha value is -3.72. The van der Waals surface area contributed by atoms with E-state index in [-0.39, 0.29) is 0 Å². The molecule has 0 aliphatic carbocycles. The fraction of sp³-hybridized carbons (Fsp3) is 0. The molecule has 4 rings (SSSR count). The van der Waals surface area contributed by atoms with E-state index in [4.69, 9.17) is 0 Å². The van der Waals surface area contributed by atoms with Crippen molar-refractivity contribution in [2.24, 2.45) is 0 Å². The molecule has 0 aliphatic rings. The molecule has 6 nitrogen and oxygen atoms in total. The number of hydrogen-bond acceptors (Lipinski definition) is 5. The van der Waals surface area contributed by atoms with Crippen LogP contribution in [0.4, 0.5) is 11.5 Å². The molecule has 114 valence electrons. The summed E-state index contributed by atoms with van der Waals surface area (Å²) in [6, 6.07) is 17.6. The van der Waals surface area contributed by atoms with Gasteiger partial charge in [-0.15, -0.1) is 0 Å². The summed E-state index contributed by atoms with van der Waals surface area (Å²) in [5.74, 6) is 0.728. The molecule has 0 bridgehead atoms. The molecular weight excluding hydrogens is 300 g/mol. The second-order valence-electron chi connectivity index (χ2n) is 5.16. The number of benzene rings is 1. The normalized spacial score (nSPS) is 10.5. The minimum absolute atomic E-state index is 0.436. The minimum Gasteiger partial charge on any atom is -0.340 e. The Bertz CT molecular complexity index is 1030. The van der Waals surface area contributed by atoms with Gasteiger partial charge in [0.1, 0.15) is 17.5 Å². The van der Waals surface area contributed by atoms with E-state index in [9.17, 15) is 5.26 Å². The molecule has 3 heterocycles. The van der Waals surface area contributed by atoms with Crippen LogP contribution in [0.5, 0.6) is 0 Å². The monoisotopic (exact) mass is 312 g/mol. The van der Waals surface area contributed by atoms with E-state index in [1.54, 1.807) is 16.9 Å². The van der Waals surface area contributed by atoms with Crippen molar-refractivity contribution in [2.75, 3.05) is 5.32 Å². The number of pyridine rings is 1. The Balaban J connectivity index is 1.91. The minimum atomic E-state index is 0.436. The van der Waals surface area contributed by atoms with Crippen molar-refractivity contribution >= 4 is 17.2 Å². The van der Waals surface area contributed by atoms with Crippen LogP contribution in [0.15, 0.2) is 67.1 Å². The SMILES string of the molecule is N#Cc1cnn2c(Nc3ccncc3)cc(-c3ccccc3)nc12. The number of nitriles is 1. The van der Waals surface area contributed by atoms with Gasteiger partial charge in [0.05, 0.1) is 11.9 Å². The summed E-state index contributed by atoms with van der Waals surface area (Å²) in [4.78, 5) is 8.62. The molecule has 0 fully saturated rings. The van der Waals surface area contributed by atoms with Gasteiger partial charge in [0.15, 0.2) is 5.65 Å². The lowest BCUT2D eigenvalue weighted by Crippen LogP contribution is -2.02. The molecular formula is C18H12N6. The predicted molar refractivity (Wildman–Crippen MR) is 90.7 cm³/mol. The third-order valence-electron chi connectivity index (χ3n) is 3.61. The average Bonchev–Trinajstić information content (AvgIpc) is 3.07. The average molecular weight is 312 g/mol. The summed E-state index contributed by atoms with van der Waals surface area (Å²) in [6.07, 6.45) is 4.94. The zero-order chi connectivity index (χ0) is 16.4. The predicted octanol–water partition coefficient (Wildman–Crippen LogP) is 3.41. The number of aromatic nitrogens is 4. The van der Waals surface area contributed by atoms with E-state index >= 15 is 0 Å². The third-order valence-corrected chi connectivity index (χ3v) is 3.61. The Labute approximate surface area is 138 Å². The first-order valence-electron chi connectivity index (χ1n) is 7.36. The number of anilines is 2. The summed E-state index contributed by atoms with van der Waals surface area (Å²) < 4.78 is 1.63. The maximum Gasteiger partial charge on any atom is 0.175 e. The second kappa shape index (κ2) is 5.82. The highest BCUT2D eigenvalue weighted by Gasteiger charge is 2.12. The number of hydrogen-bond donors (Lipinski definition) is 1. The van der Waals surface area contributed by atoms with Crippen molar-refractivity contribution in [3.63, 3.8) is 0 Å². The molecule has 6 heteroatoms. The molecule has 0 saturated heterocycles. The van der Waals surface area contributed by atoms with Gasteiger partial charge >= 0.3 is 0 Å². The van der Waals surface area contributed by atoms with Crippen molar-refractivity contribution in [1.82, 2.24) is 19.6 Å². The molecule has 0 spiro atoms. The summed E-state index contributed by atoms with van der Waals surface area (Å²) in [7, 11) is 0. The fourth-order valence-electron chi connectivity index (χ4n) is 2.47. The Morgan fingerprint density at radius 1 is 1.04 bits per heavy atom. The first-order valence-corrected chi connectivity index (χ1v) is 7.36. The molecule has 0 unspecified atom stereocenters. The van der Waals surface area contributed by atoms with Crippen LogP contribution in [0, 0.1) is 11.3 Å². The molecule has 24 heavy (non-hydrogen) atoms. The van der Waals surface area contributed by atoms with E-state index in [0.717, 1.165) is 22.8 Å². The molecule has 0 amide bonds. The molecule has 4 aromatic rings. The van der Waals surface area contributed by atoms with Crippen LogP contribution in [0.2, 0.25) is 0 Å². The van der Waals surface area contributed by atoms with Crippen LogP contribution in [-0.2, 0) is 0 Å². The van der Waals surface area contributed by atoms with Gasteiger partial charge < -0.3 is 5.32 Å². The second-order valence-corrected chi connectivity index (χ2v) is 5.16. The van der Waals surface area contributed by atoms with Crippen LogP contribution in [0.25, 0.3) is 16.9 Å². The highest BCUT2D eigenvalue weighted by atomic mass is 15.3. The van der Waals surface area contributed by atoms with Crippen LogP contribution in [0.3, 0.4) is 0 Å². The van der Waals surface area contributed by atoms with Crippen LogP contribution in [0.1, 0.15) is 5.56 Å². The molecule has 0 aliphatic heterocycles. The smallest absolute Gasteiger partial charge is 0.175 e. The Kier molecular flexibility index (Phi) is 3.37. The van der Waals surface area contributed by atoms with Gasteiger partial charge in [-0.2, -0.15) is 14.9 Å². The summed E-state index contributed by atoms with van der Waals surface area (Å²) >= 11 is 0. The van der Waals surface area contributed by atoms with E-state index < -0.39 is 0 Å². The summed E-state index contributed by atoms with van der Waals surface area (Å²) in [6.45, 7) is 0. The number of nitrogens with one attached hydrogen (secondary N) is 1. The lowest BCUT2D eigenvalue weighted by atomic mass is 10.1. The standard InChI is InChI=1S/C18H12N6/c19-11-14-12-21-24-17(22-15-6-8-20-9-7-15)10-16(23-18(14)24)13-4-2-1-3-5-13/h1-10,12H,(H,20,22). The number of fused-ring (bicyclic) bond motifs is 1. The topological polar surface area (TPSA) is 78.9 Å². The maximum atomic E-state index is 9.29. The van der Waals surface area contributed by atoms with Crippen LogP contribution < -0.4 is 5.32 Å². The first kappa shape index (κ1) is 13.9. The highest BCUT2D eigenvalue weighted by molar-refractivity contribution is 5.71. The quantitative estimate of drug-likeness (QED) is 0.627. The van der Waals surface area contributed by atoms with Gasteiger partial charge in [0.25, 0.3) is 0 Å². The Morgan fingerprint density at radius 3 is 2.58 bits per heavy atom. The molecule has 1 aromatic carbocycles. The largest absolute Gasteiger partial charge is 0.340 e. The van der Waals surface area contributed by atoms with Gasteiger partial charge in [-0.05, 0) is 12.1 Å². The maximum absolute atomic E-state index is 9.29. The van der Waals surface area contributed by atoms with Gasteiger partial charge in [0.2, 0.25) is 0 Å². The van der Waals surface area contributed by atoms with Gasteiger partial charge in [-0.3, -0.25) is 4.98 Å². The van der Waals surface area contributed by atoms with Gasteiger partial charge in [-0.1, -0.05) is 30.3 Å². The molecule has 0 atom stereocenters. The van der Waals surface area contributed by atoms with E-state index in [1.165, 1.54) is 6.20 Å². The number of nitrogens with zero attached hydrogens (tertiary/aromatic N) is 5. The zero-order valence-electron chi connectivity index (χ0n) is 12.6. The lowest BCUT2D eigenvalue weighted by molar-refractivity contribution is 0.949. The van der Waals surface area contributed by atoms with Crippen molar-refractivity contribution in [3.8, 4) is 17.3 Å².